The highest BCUT2D eigenvalue weighted by molar-refractivity contribution is 9.10. The molecule has 0 aliphatic heterocycles. The van der Waals surface area contributed by atoms with Gasteiger partial charge in [0.2, 0.25) is 0 Å². The summed E-state index contributed by atoms with van der Waals surface area (Å²) in [5.74, 6) is 0. The molecule has 5 heteroatoms. The summed E-state index contributed by atoms with van der Waals surface area (Å²) in [6, 6.07) is 3.76. The highest BCUT2D eigenvalue weighted by Gasteiger charge is 2.19. The van der Waals surface area contributed by atoms with Gasteiger partial charge in [-0.25, -0.2) is 4.79 Å². The predicted octanol–water partition coefficient (Wildman–Crippen LogP) is 3.21. The molecule has 1 aromatic rings. The van der Waals surface area contributed by atoms with E-state index in [0.29, 0.717) is 6.54 Å². The molecule has 0 saturated heterocycles. The standard InChI is InChI=1S/C12H17BrN2O2/c1-12(2,3)17-11(16)15(4)8-10-6-5-9(13)7-14-10/h5-7H,8H2,1-4H3. The van der Waals surface area contributed by atoms with Crippen molar-refractivity contribution in [1.82, 2.24) is 9.88 Å². The molecular weight excluding hydrogens is 284 g/mol. The van der Waals surface area contributed by atoms with Gasteiger partial charge in [0.15, 0.2) is 0 Å². The van der Waals surface area contributed by atoms with Crippen molar-refractivity contribution >= 4 is 22.0 Å². The van der Waals surface area contributed by atoms with Gasteiger partial charge in [0.1, 0.15) is 5.60 Å². The highest BCUT2D eigenvalue weighted by atomic mass is 79.9. The molecule has 0 fully saturated rings. The number of aromatic nitrogens is 1. The van der Waals surface area contributed by atoms with Gasteiger partial charge in [-0.2, -0.15) is 0 Å². The molecule has 94 valence electrons. The van der Waals surface area contributed by atoms with E-state index in [4.69, 9.17) is 4.74 Å². The Bertz CT molecular complexity index is 384. The van der Waals surface area contributed by atoms with Gasteiger partial charge in [0.25, 0.3) is 0 Å². The van der Waals surface area contributed by atoms with Crippen LogP contribution in [-0.2, 0) is 11.3 Å². The summed E-state index contributed by atoms with van der Waals surface area (Å²) in [5, 5.41) is 0. The molecule has 0 aliphatic carbocycles. The number of carbonyl (C=O) groups is 1. The first-order valence-corrected chi connectivity index (χ1v) is 6.12. The van der Waals surface area contributed by atoms with E-state index in [1.54, 1.807) is 13.2 Å². The number of amides is 1. The molecule has 0 saturated carbocycles. The smallest absolute Gasteiger partial charge is 0.410 e. The molecule has 1 amide bonds. The minimum Gasteiger partial charge on any atom is -0.444 e. The van der Waals surface area contributed by atoms with Crippen LogP contribution in [-0.4, -0.2) is 28.6 Å². The normalized spacial score (nSPS) is 11.1. The van der Waals surface area contributed by atoms with Crippen molar-refractivity contribution in [3.63, 3.8) is 0 Å². The quantitative estimate of drug-likeness (QED) is 0.842. The lowest BCUT2D eigenvalue weighted by molar-refractivity contribution is 0.0283. The number of nitrogens with zero attached hydrogens (tertiary/aromatic N) is 2. The fourth-order valence-electron chi connectivity index (χ4n) is 1.15. The lowest BCUT2D eigenvalue weighted by Gasteiger charge is -2.24. The molecule has 1 heterocycles. The summed E-state index contributed by atoms with van der Waals surface area (Å²) in [6.45, 7) is 5.96. The molecular formula is C12H17BrN2O2. The molecule has 4 nitrogen and oxygen atoms in total. The van der Waals surface area contributed by atoms with E-state index in [9.17, 15) is 4.79 Å². The topological polar surface area (TPSA) is 42.4 Å². The van der Waals surface area contributed by atoms with E-state index in [0.717, 1.165) is 10.2 Å². The summed E-state index contributed by atoms with van der Waals surface area (Å²) in [4.78, 5) is 17.4. The van der Waals surface area contributed by atoms with Crippen LogP contribution in [0.15, 0.2) is 22.8 Å². The molecule has 1 rings (SSSR count). The van der Waals surface area contributed by atoms with E-state index < -0.39 is 5.60 Å². The lowest BCUT2D eigenvalue weighted by Crippen LogP contribution is -2.33. The zero-order chi connectivity index (χ0) is 13.1. The SMILES string of the molecule is CN(Cc1ccc(Br)cn1)C(=O)OC(C)(C)C. The van der Waals surface area contributed by atoms with Crippen molar-refractivity contribution in [2.75, 3.05) is 7.05 Å². The Morgan fingerprint density at radius 1 is 1.47 bits per heavy atom. The number of halogens is 1. The fraction of sp³-hybridized carbons (Fsp3) is 0.500. The number of hydrogen-bond donors (Lipinski definition) is 0. The lowest BCUT2D eigenvalue weighted by atomic mass is 10.2. The van der Waals surface area contributed by atoms with Crippen molar-refractivity contribution < 1.29 is 9.53 Å². The minimum absolute atomic E-state index is 0.345. The Morgan fingerprint density at radius 2 is 2.12 bits per heavy atom. The summed E-state index contributed by atoms with van der Waals surface area (Å²) >= 11 is 3.31. The number of rotatable bonds is 2. The highest BCUT2D eigenvalue weighted by Crippen LogP contribution is 2.12. The van der Waals surface area contributed by atoms with Crippen LogP contribution < -0.4 is 0 Å². The van der Waals surface area contributed by atoms with Gasteiger partial charge in [-0.1, -0.05) is 0 Å². The molecule has 0 bridgehead atoms. The monoisotopic (exact) mass is 300 g/mol. The molecule has 17 heavy (non-hydrogen) atoms. The number of ether oxygens (including phenoxy) is 1. The minimum atomic E-state index is -0.474. The van der Waals surface area contributed by atoms with Crippen LogP contribution in [0, 0.1) is 0 Å². The van der Waals surface area contributed by atoms with Crippen LogP contribution in [0.4, 0.5) is 4.79 Å². The first kappa shape index (κ1) is 14.0. The zero-order valence-corrected chi connectivity index (χ0v) is 12.1. The van der Waals surface area contributed by atoms with Crippen molar-refractivity contribution in [1.29, 1.82) is 0 Å². The van der Waals surface area contributed by atoms with E-state index in [2.05, 4.69) is 20.9 Å². The Morgan fingerprint density at radius 3 is 2.59 bits per heavy atom. The van der Waals surface area contributed by atoms with Crippen LogP contribution in [0.5, 0.6) is 0 Å². The molecule has 0 unspecified atom stereocenters. The van der Waals surface area contributed by atoms with Gasteiger partial charge >= 0.3 is 6.09 Å². The molecule has 0 aromatic carbocycles. The average Bonchev–Trinajstić information content (AvgIpc) is 2.19. The number of pyridine rings is 1. The van der Waals surface area contributed by atoms with E-state index in [-0.39, 0.29) is 6.09 Å². The van der Waals surface area contributed by atoms with E-state index in [1.165, 1.54) is 4.90 Å². The second-order valence-corrected chi connectivity index (χ2v) is 5.72. The first-order chi connectivity index (χ1) is 7.78. The summed E-state index contributed by atoms with van der Waals surface area (Å²) in [5.41, 5.74) is 0.347. The van der Waals surface area contributed by atoms with Crippen molar-refractivity contribution in [3.8, 4) is 0 Å². The maximum absolute atomic E-state index is 11.7. The van der Waals surface area contributed by atoms with Gasteiger partial charge in [-0.15, -0.1) is 0 Å². The predicted molar refractivity (Wildman–Crippen MR) is 69.6 cm³/mol. The molecule has 0 spiro atoms. The van der Waals surface area contributed by atoms with E-state index >= 15 is 0 Å². The van der Waals surface area contributed by atoms with Crippen molar-refractivity contribution in [2.24, 2.45) is 0 Å². The van der Waals surface area contributed by atoms with Gasteiger partial charge < -0.3 is 9.64 Å². The van der Waals surface area contributed by atoms with Crippen molar-refractivity contribution in [2.45, 2.75) is 32.9 Å². The third-order valence-electron chi connectivity index (χ3n) is 1.89. The van der Waals surface area contributed by atoms with Crippen LogP contribution in [0.1, 0.15) is 26.5 Å². The van der Waals surface area contributed by atoms with Crippen LogP contribution in [0.2, 0.25) is 0 Å². The molecule has 0 radical (unpaired) electrons. The maximum atomic E-state index is 11.7. The first-order valence-electron chi connectivity index (χ1n) is 5.32. The van der Waals surface area contributed by atoms with Crippen LogP contribution in [0.25, 0.3) is 0 Å². The molecule has 1 aromatic heterocycles. The fourth-order valence-corrected chi connectivity index (χ4v) is 1.38. The molecule has 0 N–H and O–H groups in total. The second kappa shape index (κ2) is 5.49. The number of carbonyl (C=O) groups excluding carboxylic acids is 1. The summed E-state index contributed by atoms with van der Waals surface area (Å²) in [7, 11) is 1.69. The third-order valence-corrected chi connectivity index (χ3v) is 2.36. The van der Waals surface area contributed by atoms with Crippen molar-refractivity contribution in [3.05, 3.63) is 28.5 Å². The number of hydrogen-bond acceptors (Lipinski definition) is 3. The van der Waals surface area contributed by atoms with Gasteiger partial charge in [-0.3, -0.25) is 4.98 Å². The van der Waals surface area contributed by atoms with Gasteiger partial charge in [-0.05, 0) is 48.8 Å². The Labute approximate surface area is 110 Å². The van der Waals surface area contributed by atoms with Gasteiger partial charge in [0, 0.05) is 17.7 Å². The maximum Gasteiger partial charge on any atom is 0.410 e. The Balaban J connectivity index is 2.57. The van der Waals surface area contributed by atoms with Crippen LogP contribution >= 0.6 is 15.9 Å². The largest absolute Gasteiger partial charge is 0.444 e. The zero-order valence-electron chi connectivity index (χ0n) is 10.5. The third kappa shape index (κ3) is 5.17. The Kier molecular flexibility index (Phi) is 4.51. The second-order valence-electron chi connectivity index (χ2n) is 4.80. The van der Waals surface area contributed by atoms with Gasteiger partial charge in [0.05, 0.1) is 12.2 Å². The molecule has 0 aliphatic rings. The summed E-state index contributed by atoms with van der Waals surface area (Å²) < 4.78 is 6.16. The Hall–Kier alpha value is -1.10. The van der Waals surface area contributed by atoms with Crippen LogP contribution in [0.3, 0.4) is 0 Å². The average molecular weight is 301 g/mol. The molecule has 0 atom stereocenters. The van der Waals surface area contributed by atoms with E-state index in [1.807, 2.05) is 32.9 Å². The summed E-state index contributed by atoms with van der Waals surface area (Å²) in [6.07, 6.45) is 1.36.